The SMILES string of the molecule is CCc1cc2c(=O)c(-c3ccc4c(c3)OCCO4)coc2c(CN(C)C)c1O. The third-order valence-corrected chi connectivity index (χ3v) is 4.92. The van der Waals surface area contributed by atoms with Crippen LogP contribution in [0.3, 0.4) is 0 Å². The van der Waals surface area contributed by atoms with Crippen LogP contribution in [0, 0.1) is 0 Å². The molecule has 28 heavy (non-hydrogen) atoms. The van der Waals surface area contributed by atoms with E-state index in [4.69, 9.17) is 13.9 Å². The second kappa shape index (κ2) is 7.20. The first-order chi connectivity index (χ1) is 13.5. The van der Waals surface area contributed by atoms with Crippen LogP contribution in [-0.4, -0.2) is 37.3 Å². The summed E-state index contributed by atoms with van der Waals surface area (Å²) in [4.78, 5) is 15.2. The van der Waals surface area contributed by atoms with Crippen LogP contribution in [0.25, 0.3) is 22.1 Å². The van der Waals surface area contributed by atoms with Gasteiger partial charge in [0.1, 0.15) is 30.8 Å². The van der Waals surface area contributed by atoms with Crippen LogP contribution in [0.2, 0.25) is 0 Å². The summed E-state index contributed by atoms with van der Waals surface area (Å²) >= 11 is 0. The van der Waals surface area contributed by atoms with Crippen LogP contribution in [0.15, 0.2) is 39.7 Å². The second-order valence-corrected chi connectivity index (χ2v) is 7.17. The van der Waals surface area contributed by atoms with Crippen molar-refractivity contribution in [2.75, 3.05) is 27.3 Å². The van der Waals surface area contributed by atoms with Crippen LogP contribution in [0.4, 0.5) is 0 Å². The molecule has 6 heteroatoms. The fourth-order valence-corrected chi connectivity index (χ4v) is 3.53. The van der Waals surface area contributed by atoms with Crippen LogP contribution in [0.5, 0.6) is 17.2 Å². The molecule has 0 fully saturated rings. The van der Waals surface area contributed by atoms with Gasteiger partial charge in [0, 0.05) is 6.54 Å². The quantitative estimate of drug-likeness (QED) is 0.745. The molecule has 1 aliphatic heterocycles. The van der Waals surface area contributed by atoms with Crippen molar-refractivity contribution in [2.24, 2.45) is 0 Å². The zero-order chi connectivity index (χ0) is 19.8. The summed E-state index contributed by atoms with van der Waals surface area (Å²) in [5.41, 5.74) is 2.82. The molecule has 0 aliphatic carbocycles. The van der Waals surface area contributed by atoms with E-state index in [9.17, 15) is 9.90 Å². The number of phenolic OH excluding ortho intramolecular Hbond substituents is 1. The minimum atomic E-state index is -0.132. The number of hydrogen-bond donors (Lipinski definition) is 1. The minimum absolute atomic E-state index is 0.132. The van der Waals surface area contributed by atoms with Gasteiger partial charge in [0.05, 0.1) is 16.5 Å². The molecule has 6 nitrogen and oxygen atoms in total. The summed E-state index contributed by atoms with van der Waals surface area (Å²) in [7, 11) is 3.82. The normalized spacial score (nSPS) is 13.3. The monoisotopic (exact) mass is 381 g/mol. The molecule has 0 atom stereocenters. The lowest BCUT2D eigenvalue weighted by atomic mass is 9.99. The van der Waals surface area contributed by atoms with Crippen molar-refractivity contribution < 1.29 is 19.0 Å². The molecule has 0 saturated carbocycles. The van der Waals surface area contributed by atoms with Gasteiger partial charge in [0.2, 0.25) is 5.43 Å². The number of benzene rings is 2. The zero-order valence-corrected chi connectivity index (χ0v) is 16.2. The Balaban J connectivity index is 1.92. The molecule has 1 aliphatic rings. The van der Waals surface area contributed by atoms with Crippen LogP contribution < -0.4 is 14.9 Å². The zero-order valence-electron chi connectivity index (χ0n) is 16.2. The third-order valence-electron chi connectivity index (χ3n) is 4.92. The van der Waals surface area contributed by atoms with Crippen molar-refractivity contribution in [3.63, 3.8) is 0 Å². The minimum Gasteiger partial charge on any atom is -0.507 e. The topological polar surface area (TPSA) is 72.1 Å². The number of phenols is 1. The van der Waals surface area contributed by atoms with Gasteiger partial charge >= 0.3 is 0 Å². The molecule has 1 N–H and O–H groups in total. The lowest BCUT2D eigenvalue weighted by molar-refractivity contribution is 0.171. The van der Waals surface area contributed by atoms with Gasteiger partial charge in [0.15, 0.2) is 11.5 Å². The summed E-state index contributed by atoms with van der Waals surface area (Å²) < 4.78 is 17.1. The first kappa shape index (κ1) is 18.4. The summed E-state index contributed by atoms with van der Waals surface area (Å²) in [6, 6.07) is 7.17. The van der Waals surface area contributed by atoms with Crippen LogP contribution in [0.1, 0.15) is 18.1 Å². The number of rotatable bonds is 4. The van der Waals surface area contributed by atoms with Gasteiger partial charge in [-0.25, -0.2) is 0 Å². The fraction of sp³-hybridized carbons (Fsp3) is 0.318. The Hall–Kier alpha value is -2.99. The summed E-state index contributed by atoms with van der Waals surface area (Å²) in [6.45, 7) is 3.42. The van der Waals surface area contributed by atoms with Gasteiger partial charge in [-0.3, -0.25) is 4.79 Å². The molecular formula is C22H23NO5. The summed E-state index contributed by atoms with van der Waals surface area (Å²) in [6.07, 6.45) is 2.08. The van der Waals surface area contributed by atoms with Crippen molar-refractivity contribution in [2.45, 2.75) is 19.9 Å². The maximum absolute atomic E-state index is 13.3. The first-order valence-corrected chi connectivity index (χ1v) is 9.33. The fourth-order valence-electron chi connectivity index (χ4n) is 3.53. The van der Waals surface area contributed by atoms with E-state index in [0.717, 1.165) is 5.56 Å². The molecule has 0 radical (unpaired) electrons. The standard InChI is InChI=1S/C22H23NO5/c1-4-13-9-15-21(25)17(12-28-22(15)16(20(13)24)11-23(2)3)14-5-6-18-19(10-14)27-8-7-26-18/h5-6,9-10,12,24H,4,7-8,11H2,1-3H3. The molecule has 2 aromatic carbocycles. The van der Waals surface area contributed by atoms with Crippen molar-refractivity contribution >= 4 is 11.0 Å². The van der Waals surface area contributed by atoms with Crippen molar-refractivity contribution in [1.29, 1.82) is 0 Å². The van der Waals surface area contributed by atoms with Crippen molar-refractivity contribution in [3.8, 4) is 28.4 Å². The number of nitrogens with zero attached hydrogens (tertiary/aromatic N) is 1. The number of aromatic hydroxyl groups is 1. The highest BCUT2D eigenvalue weighted by molar-refractivity contribution is 5.87. The number of ether oxygens (including phenoxy) is 2. The molecule has 2 heterocycles. The Morgan fingerprint density at radius 2 is 1.86 bits per heavy atom. The van der Waals surface area contributed by atoms with E-state index >= 15 is 0 Å². The van der Waals surface area contributed by atoms with E-state index in [0.29, 0.717) is 65.3 Å². The largest absolute Gasteiger partial charge is 0.507 e. The average Bonchev–Trinajstić information content (AvgIpc) is 2.69. The molecule has 4 rings (SSSR count). The van der Waals surface area contributed by atoms with Crippen LogP contribution in [-0.2, 0) is 13.0 Å². The smallest absolute Gasteiger partial charge is 0.200 e. The van der Waals surface area contributed by atoms with E-state index in [1.807, 2.05) is 32.0 Å². The van der Waals surface area contributed by atoms with Gasteiger partial charge in [-0.1, -0.05) is 13.0 Å². The van der Waals surface area contributed by atoms with Gasteiger partial charge in [0.25, 0.3) is 0 Å². The summed E-state index contributed by atoms with van der Waals surface area (Å²) in [5.74, 6) is 1.49. The molecule has 146 valence electrons. The van der Waals surface area contributed by atoms with E-state index in [-0.39, 0.29) is 11.2 Å². The maximum atomic E-state index is 13.3. The molecule has 3 aromatic rings. The molecule has 0 unspecified atom stereocenters. The highest BCUT2D eigenvalue weighted by atomic mass is 16.6. The van der Waals surface area contributed by atoms with Gasteiger partial charge < -0.3 is 23.9 Å². The summed E-state index contributed by atoms with van der Waals surface area (Å²) in [5, 5.41) is 11.1. The maximum Gasteiger partial charge on any atom is 0.200 e. The van der Waals surface area contributed by atoms with E-state index in [1.54, 1.807) is 18.2 Å². The molecule has 0 saturated heterocycles. The van der Waals surface area contributed by atoms with Gasteiger partial charge in [-0.05, 0) is 49.8 Å². The highest BCUT2D eigenvalue weighted by Gasteiger charge is 2.20. The second-order valence-electron chi connectivity index (χ2n) is 7.17. The molecule has 1 aromatic heterocycles. The first-order valence-electron chi connectivity index (χ1n) is 9.33. The Morgan fingerprint density at radius 1 is 1.11 bits per heavy atom. The molecule has 0 spiro atoms. The van der Waals surface area contributed by atoms with E-state index < -0.39 is 0 Å². The Labute approximate surface area is 162 Å². The lowest BCUT2D eigenvalue weighted by Gasteiger charge is -2.19. The van der Waals surface area contributed by atoms with Gasteiger partial charge in [-0.15, -0.1) is 0 Å². The Morgan fingerprint density at radius 3 is 2.57 bits per heavy atom. The predicted octanol–water partition coefficient (Wildman–Crippen LogP) is 3.56. The van der Waals surface area contributed by atoms with Crippen molar-refractivity contribution in [1.82, 2.24) is 4.90 Å². The Kier molecular flexibility index (Phi) is 4.73. The lowest BCUT2D eigenvalue weighted by Crippen LogP contribution is -2.15. The molecular weight excluding hydrogens is 358 g/mol. The van der Waals surface area contributed by atoms with Crippen molar-refractivity contribution in [3.05, 3.63) is 51.9 Å². The number of fused-ring (bicyclic) bond motifs is 2. The number of hydrogen-bond acceptors (Lipinski definition) is 6. The highest BCUT2D eigenvalue weighted by Crippen LogP contribution is 2.36. The van der Waals surface area contributed by atoms with Crippen LogP contribution >= 0.6 is 0 Å². The van der Waals surface area contributed by atoms with E-state index in [2.05, 4.69) is 0 Å². The number of aryl methyl sites for hydroxylation is 1. The Bertz CT molecular complexity index is 1100. The average molecular weight is 381 g/mol. The predicted molar refractivity (Wildman–Crippen MR) is 107 cm³/mol. The molecule has 0 amide bonds. The van der Waals surface area contributed by atoms with Gasteiger partial charge in [-0.2, -0.15) is 0 Å². The van der Waals surface area contributed by atoms with E-state index in [1.165, 1.54) is 6.26 Å². The third kappa shape index (κ3) is 3.10. The molecule has 0 bridgehead atoms.